The van der Waals surface area contributed by atoms with Crippen LogP contribution in [-0.2, 0) is 9.53 Å². The smallest absolute Gasteiger partial charge is 0.223 e. The van der Waals surface area contributed by atoms with Crippen molar-refractivity contribution in [1.29, 1.82) is 0 Å². The second kappa shape index (κ2) is 5.83. The molecule has 0 aliphatic carbocycles. The van der Waals surface area contributed by atoms with E-state index in [2.05, 4.69) is 24.5 Å². The van der Waals surface area contributed by atoms with Gasteiger partial charge in [-0.25, -0.2) is 0 Å². The van der Waals surface area contributed by atoms with Gasteiger partial charge in [0.15, 0.2) is 0 Å². The predicted octanol–water partition coefficient (Wildman–Crippen LogP) is 0.916. The highest BCUT2D eigenvalue weighted by molar-refractivity contribution is 5.79. The van der Waals surface area contributed by atoms with Crippen LogP contribution in [0.1, 0.15) is 33.1 Å². The van der Waals surface area contributed by atoms with E-state index in [1.165, 1.54) is 0 Å². The van der Waals surface area contributed by atoms with Crippen LogP contribution in [-0.4, -0.2) is 37.7 Å². The second-order valence-corrected chi connectivity index (χ2v) is 5.54. The number of hydrogen-bond donors (Lipinski definition) is 2. The molecule has 0 spiro atoms. The molecule has 2 rings (SSSR count). The van der Waals surface area contributed by atoms with Crippen LogP contribution in [0.15, 0.2) is 0 Å². The van der Waals surface area contributed by atoms with Gasteiger partial charge in [0.2, 0.25) is 5.91 Å². The van der Waals surface area contributed by atoms with Gasteiger partial charge in [-0.1, -0.05) is 6.92 Å². The van der Waals surface area contributed by atoms with Crippen LogP contribution in [0.3, 0.4) is 0 Å². The minimum absolute atomic E-state index is 0.142. The van der Waals surface area contributed by atoms with Gasteiger partial charge in [-0.3, -0.25) is 4.79 Å². The van der Waals surface area contributed by atoms with Gasteiger partial charge >= 0.3 is 0 Å². The Morgan fingerprint density at radius 2 is 2.12 bits per heavy atom. The number of carbonyl (C=O) groups excluding carboxylic acids is 1. The van der Waals surface area contributed by atoms with Crippen molar-refractivity contribution in [1.82, 2.24) is 10.6 Å². The molecule has 4 atom stereocenters. The summed E-state index contributed by atoms with van der Waals surface area (Å²) in [4.78, 5) is 12.2. The third-order valence-corrected chi connectivity index (χ3v) is 3.98. The van der Waals surface area contributed by atoms with Crippen LogP contribution < -0.4 is 10.6 Å². The zero-order chi connectivity index (χ0) is 12.3. The Morgan fingerprint density at radius 1 is 1.29 bits per heavy atom. The Morgan fingerprint density at radius 3 is 2.76 bits per heavy atom. The van der Waals surface area contributed by atoms with Crippen LogP contribution >= 0.6 is 0 Å². The monoisotopic (exact) mass is 240 g/mol. The molecule has 2 aliphatic heterocycles. The van der Waals surface area contributed by atoms with Crippen LogP contribution in [0.2, 0.25) is 0 Å². The highest BCUT2D eigenvalue weighted by atomic mass is 16.5. The maximum atomic E-state index is 12.2. The van der Waals surface area contributed by atoms with Gasteiger partial charge in [0.1, 0.15) is 0 Å². The normalized spacial score (nSPS) is 38.7. The summed E-state index contributed by atoms with van der Waals surface area (Å²) in [6.45, 7) is 6.65. The lowest BCUT2D eigenvalue weighted by Gasteiger charge is -2.32. The van der Waals surface area contributed by atoms with Crippen molar-refractivity contribution in [3.05, 3.63) is 0 Å². The van der Waals surface area contributed by atoms with Gasteiger partial charge in [0, 0.05) is 37.8 Å². The molecule has 0 aromatic carbocycles. The molecule has 2 aliphatic rings. The minimum atomic E-state index is 0.142. The summed E-state index contributed by atoms with van der Waals surface area (Å²) in [5, 5.41) is 6.59. The maximum Gasteiger partial charge on any atom is 0.223 e. The molecule has 4 unspecified atom stereocenters. The number of hydrogen-bond acceptors (Lipinski definition) is 3. The Bertz CT molecular complexity index is 262. The zero-order valence-corrected chi connectivity index (χ0v) is 10.9. The first kappa shape index (κ1) is 12.8. The summed E-state index contributed by atoms with van der Waals surface area (Å²) in [5.41, 5.74) is 0. The van der Waals surface area contributed by atoms with E-state index >= 15 is 0 Å². The van der Waals surface area contributed by atoms with Crippen LogP contribution in [0.5, 0.6) is 0 Å². The van der Waals surface area contributed by atoms with Crippen molar-refractivity contribution in [2.45, 2.75) is 45.2 Å². The topological polar surface area (TPSA) is 50.4 Å². The van der Waals surface area contributed by atoms with E-state index in [-0.39, 0.29) is 11.8 Å². The first-order valence-corrected chi connectivity index (χ1v) is 6.78. The molecule has 0 saturated carbocycles. The van der Waals surface area contributed by atoms with Gasteiger partial charge in [-0.2, -0.15) is 0 Å². The standard InChI is InChI=1S/C13H24N2O2/c1-9-8-17-6-5-12(9)13(16)15-11-4-3-10(2)14-7-11/h9-12,14H,3-8H2,1-2H3,(H,15,16). The van der Waals surface area contributed by atoms with Gasteiger partial charge in [0.25, 0.3) is 0 Å². The molecule has 1 amide bonds. The fraction of sp³-hybridized carbons (Fsp3) is 0.923. The van der Waals surface area contributed by atoms with Gasteiger partial charge in [-0.05, 0) is 32.1 Å². The van der Waals surface area contributed by atoms with Crippen molar-refractivity contribution in [3.8, 4) is 0 Å². The average Bonchev–Trinajstić information content (AvgIpc) is 2.32. The van der Waals surface area contributed by atoms with Gasteiger partial charge < -0.3 is 15.4 Å². The van der Waals surface area contributed by atoms with Crippen molar-refractivity contribution < 1.29 is 9.53 Å². The molecule has 0 bridgehead atoms. The molecular formula is C13H24N2O2. The van der Waals surface area contributed by atoms with Crippen molar-refractivity contribution in [2.75, 3.05) is 19.8 Å². The third-order valence-electron chi connectivity index (χ3n) is 3.98. The van der Waals surface area contributed by atoms with Crippen molar-refractivity contribution in [2.24, 2.45) is 11.8 Å². The van der Waals surface area contributed by atoms with Crippen LogP contribution in [0.25, 0.3) is 0 Å². The first-order chi connectivity index (χ1) is 8.16. The molecule has 2 fully saturated rings. The first-order valence-electron chi connectivity index (χ1n) is 6.78. The van der Waals surface area contributed by atoms with E-state index < -0.39 is 0 Å². The van der Waals surface area contributed by atoms with Crippen molar-refractivity contribution in [3.63, 3.8) is 0 Å². The summed E-state index contributed by atoms with van der Waals surface area (Å²) in [6, 6.07) is 0.902. The number of ether oxygens (including phenoxy) is 1. The van der Waals surface area contributed by atoms with Gasteiger partial charge in [-0.15, -0.1) is 0 Å². The SMILES string of the molecule is CC1CCC(NC(=O)C2CCOCC2C)CN1. The Kier molecular flexibility index (Phi) is 4.40. The number of piperidine rings is 1. The van der Waals surface area contributed by atoms with E-state index in [1.54, 1.807) is 0 Å². The van der Waals surface area contributed by atoms with E-state index in [9.17, 15) is 4.79 Å². The molecule has 2 saturated heterocycles. The van der Waals surface area contributed by atoms with Crippen LogP contribution in [0.4, 0.5) is 0 Å². The minimum Gasteiger partial charge on any atom is -0.381 e. The lowest BCUT2D eigenvalue weighted by molar-refractivity contribution is -0.131. The van der Waals surface area contributed by atoms with E-state index in [0.29, 0.717) is 18.0 Å². The Balaban J connectivity index is 1.79. The van der Waals surface area contributed by atoms with E-state index in [4.69, 9.17) is 4.74 Å². The Labute approximate surface area is 103 Å². The number of rotatable bonds is 2. The molecule has 0 radical (unpaired) electrons. The van der Waals surface area contributed by atoms with Crippen molar-refractivity contribution >= 4 is 5.91 Å². The number of amides is 1. The predicted molar refractivity (Wildman–Crippen MR) is 66.7 cm³/mol. The molecule has 98 valence electrons. The largest absolute Gasteiger partial charge is 0.381 e. The fourth-order valence-corrected chi connectivity index (χ4v) is 2.70. The van der Waals surface area contributed by atoms with E-state index in [0.717, 1.165) is 39.0 Å². The van der Waals surface area contributed by atoms with Gasteiger partial charge in [0.05, 0.1) is 0 Å². The highest BCUT2D eigenvalue weighted by Crippen LogP contribution is 2.22. The Hall–Kier alpha value is -0.610. The average molecular weight is 240 g/mol. The summed E-state index contributed by atoms with van der Waals surface area (Å²) >= 11 is 0. The molecule has 4 heteroatoms. The van der Waals surface area contributed by atoms with Crippen LogP contribution in [0, 0.1) is 11.8 Å². The number of carbonyl (C=O) groups is 1. The molecular weight excluding hydrogens is 216 g/mol. The second-order valence-electron chi connectivity index (χ2n) is 5.54. The highest BCUT2D eigenvalue weighted by Gasteiger charge is 2.30. The molecule has 2 heterocycles. The summed E-state index contributed by atoms with van der Waals surface area (Å²) in [5.74, 6) is 0.712. The zero-order valence-electron chi connectivity index (χ0n) is 10.9. The molecule has 2 N–H and O–H groups in total. The summed E-state index contributed by atoms with van der Waals surface area (Å²) in [7, 11) is 0. The molecule has 0 aromatic rings. The number of nitrogens with one attached hydrogen (secondary N) is 2. The van der Waals surface area contributed by atoms with E-state index in [1.807, 2.05) is 0 Å². The lowest BCUT2D eigenvalue weighted by Crippen LogP contribution is -2.51. The third kappa shape index (κ3) is 3.42. The molecule has 17 heavy (non-hydrogen) atoms. The maximum absolute atomic E-state index is 12.2. The summed E-state index contributed by atoms with van der Waals surface area (Å²) < 4.78 is 5.37. The quantitative estimate of drug-likeness (QED) is 0.754. The molecule has 0 aromatic heterocycles. The lowest BCUT2D eigenvalue weighted by atomic mass is 9.88. The summed E-state index contributed by atoms with van der Waals surface area (Å²) in [6.07, 6.45) is 3.11. The molecule has 4 nitrogen and oxygen atoms in total. The fourth-order valence-electron chi connectivity index (χ4n) is 2.70.